The SMILES string of the molecule is CCc1ccccc1Nc1cccc(OC(C)C)c1N. The zero-order chi connectivity index (χ0) is 14.5. The number of hydrogen-bond donors (Lipinski definition) is 2. The second kappa shape index (κ2) is 6.33. The molecule has 2 aromatic carbocycles. The van der Waals surface area contributed by atoms with Crippen molar-refractivity contribution in [2.24, 2.45) is 0 Å². The molecule has 0 radical (unpaired) electrons. The number of benzene rings is 2. The van der Waals surface area contributed by atoms with Crippen LogP contribution in [-0.2, 0) is 6.42 Å². The molecule has 3 N–H and O–H groups in total. The summed E-state index contributed by atoms with van der Waals surface area (Å²) < 4.78 is 5.71. The molecule has 20 heavy (non-hydrogen) atoms. The maximum atomic E-state index is 6.18. The van der Waals surface area contributed by atoms with Crippen molar-refractivity contribution < 1.29 is 4.74 Å². The van der Waals surface area contributed by atoms with Crippen molar-refractivity contribution in [3.63, 3.8) is 0 Å². The highest BCUT2D eigenvalue weighted by Gasteiger charge is 2.09. The Kier molecular flexibility index (Phi) is 4.51. The number of para-hydroxylation sites is 2. The molecule has 0 fully saturated rings. The molecule has 0 aromatic heterocycles. The molecule has 2 rings (SSSR count). The molecule has 0 bridgehead atoms. The monoisotopic (exact) mass is 270 g/mol. The number of hydrogen-bond acceptors (Lipinski definition) is 3. The number of nitrogen functional groups attached to an aromatic ring is 1. The Morgan fingerprint density at radius 2 is 1.75 bits per heavy atom. The van der Waals surface area contributed by atoms with Crippen LogP contribution in [0.25, 0.3) is 0 Å². The van der Waals surface area contributed by atoms with Gasteiger partial charge in [-0.2, -0.15) is 0 Å². The molecule has 0 unspecified atom stereocenters. The first-order chi connectivity index (χ1) is 9.61. The van der Waals surface area contributed by atoms with E-state index in [4.69, 9.17) is 10.5 Å². The van der Waals surface area contributed by atoms with Crippen molar-refractivity contribution >= 4 is 17.1 Å². The third kappa shape index (κ3) is 3.23. The molecule has 0 aliphatic rings. The van der Waals surface area contributed by atoms with Crippen molar-refractivity contribution in [1.82, 2.24) is 0 Å². The minimum Gasteiger partial charge on any atom is -0.489 e. The molecule has 2 aromatic rings. The first-order valence-electron chi connectivity index (χ1n) is 7.02. The Bertz CT molecular complexity index is 579. The van der Waals surface area contributed by atoms with Crippen LogP contribution in [0.2, 0.25) is 0 Å². The van der Waals surface area contributed by atoms with Gasteiger partial charge in [0.15, 0.2) is 0 Å². The fourth-order valence-corrected chi connectivity index (χ4v) is 2.11. The molecule has 3 nitrogen and oxygen atoms in total. The van der Waals surface area contributed by atoms with Gasteiger partial charge in [0, 0.05) is 5.69 Å². The summed E-state index contributed by atoms with van der Waals surface area (Å²) in [6.45, 7) is 6.13. The first kappa shape index (κ1) is 14.3. The van der Waals surface area contributed by atoms with Gasteiger partial charge >= 0.3 is 0 Å². The number of anilines is 3. The lowest BCUT2D eigenvalue weighted by atomic mass is 10.1. The van der Waals surface area contributed by atoms with E-state index in [1.54, 1.807) is 0 Å². The van der Waals surface area contributed by atoms with E-state index >= 15 is 0 Å². The standard InChI is InChI=1S/C17H22N2O/c1-4-13-8-5-6-9-14(13)19-15-10-7-11-16(17(15)18)20-12(2)3/h5-12,19H,4,18H2,1-3H3. The van der Waals surface area contributed by atoms with E-state index in [9.17, 15) is 0 Å². The average Bonchev–Trinajstić information content (AvgIpc) is 2.43. The van der Waals surface area contributed by atoms with Crippen LogP contribution in [0.1, 0.15) is 26.3 Å². The summed E-state index contributed by atoms with van der Waals surface area (Å²) in [6.07, 6.45) is 1.08. The smallest absolute Gasteiger partial charge is 0.144 e. The molecule has 106 valence electrons. The quantitative estimate of drug-likeness (QED) is 0.793. The van der Waals surface area contributed by atoms with Crippen molar-refractivity contribution in [3.8, 4) is 5.75 Å². The van der Waals surface area contributed by atoms with Gasteiger partial charge in [0.1, 0.15) is 5.75 Å². The topological polar surface area (TPSA) is 47.3 Å². The van der Waals surface area contributed by atoms with E-state index in [0.29, 0.717) is 5.69 Å². The second-order valence-electron chi connectivity index (χ2n) is 5.02. The van der Waals surface area contributed by atoms with Crippen molar-refractivity contribution in [3.05, 3.63) is 48.0 Å². The summed E-state index contributed by atoms with van der Waals surface area (Å²) in [5.74, 6) is 0.721. The minimum atomic E-state index is 0.107. The molecule has 0 spiro atoms. The van der Waals surface area contributed by atoms with Gasteiger partial charge in [0.2, 0.25) is 0 Å². The lowest BCUT2D eigenvalue weighted by molar-refractivity contribution is 0.244. The molecule has 0 amide bonds. The van der Waals surface area contributed by atoms with Crippen LogP contribution in [0.15, 0.2) is 42.5 Å². The Hall–Kier alpha value is -2.16. The number of rotatable bonds is 5. The van der Waals surface area contributed by atoms with Gasteiger partial charge in [-0.25, -0.2) is 0 Å². The van der Waals surface area contributed by atoms with Gasteiger partial charge in [-0.05, 0) is 44.0 Å². The van der Waals surface area contributed by atoms with Gasteiger partial charge < -0.3 is 15.8 Å². The molecule has 0 aliphatic carbocycles. The highest BCUT2D eigenvalue weighted by Crippen LogP contribution is 2.33. The number of aryl methyl sites for hydroxylation is 1. The molecule has 0 aliphatic heterocycles. The number of nitrogens with one attached hydrogen (secondary N) is 1. The zero-order valence-corrected chi connectivity index (χ0v) is 12.3. The van der Waals surface area contributed by atoms with Crippen LogP contribution < -0.4 is 15.8 Å². The van der Waals surface area contributed by atoms with E-state index in [2.05, 4.69) is 24.4 Å². The van der Waals surface area contributed by atoms with Gasteiger partial charge in [-0.1, -0.05) is 31.2 Å². The maximum absolute atomic E-state index is 6.18. The van der Waals surface area contributed by atoms with Crippen LogP contribution in [0.5, 0.6) is 5.75 Å². The molecule has 0 saturated heterocycles. The molecule has 0 atom stereocenters. The van der Waals surface area contributed by atoms with Gasteiger partial charge in [0.25, 0.3) is 0 Å². The summed E-state index contributed by atoms with van der Waals surface area (Å²) in [6, 6.07) is 14.1. The Labute approximate surface area is 120 Å². The van der Waals surface area contributed by atoms with E-state index in [1.165, 1.54) is 5.56 Å². The average molecular weight is 270 g/mol. The fourth-order valence-electron chi connectivity index (χ4n) is 2.11. The number of nitrogens with two attached hydrogens (primary N) is 1. The zero-order valence-electron chi connectivity index (χ0n) is 12.3. The Morgan fingerprint density at radius 3 is 2.45 bits per heavy atom. The predicted molar refractivity (Wildman–Crippen MR) is 85.7 cm³/mol. The van der Waals surface area contributed by atoms with Gasteiger partial charge in [-0.3, -0.25) is 0 Å². The molecular formula is C17H22N2O. The summed E-state index contributed by atoms with van der Waals surface area (Å²) >= 11 is 0. The van der Waals surface area contributed by atoms with Crippen LogP contribution in [0.4, 0.5) is 17.1 Å². The summed E-state index contributed by atoms with van der Waals surface area (Å²) in [5, 5.41) is 3.40. The van der Waals surface area contributed by atoms with E-state index in [1.807, 2.05) is 44.2 Å². The van der Waals surface area contributed by atoms with Crippen LogP contribution in [0, 0.1) is 0 Å². The third-order valence-corrected chi connectivity index (χ3v) is 3.10. The summed E-state index contributed by atoms with van der Waals surface area (Å²) in [5.41, 5.74) is 10.1. The van der Waals surface area contributed by atoms with E-state index in [0.717, 1.165) is 23.5 Å². The molecule has 0 saturated carbocycles. The largest absolute Gasteiger partial charge is 0.489 e. The second-order valence-corrected chi connectivity index (χ2v) is 5.02. The Morgan fingerprint density at radius 1 is 1.05 bits per heavy atom. The van der Waals surface area contributed by atoms with Gasteiger partial charge in [0.05, 0.1) is 17.5 Å². The first-order valence-corrected chi connectivity index (χ1v) is 7.02. The number of ether oxygens (including phenoxy) is 1. The Balaban J connectivity index is 2.29. The summed E-state index contributed by atoms with van der Waals surface area (Å²) in [7, 11) is 0. The predicted octanol–water partition coefficient (Wildman–Crippen LogP) is 4.36. The van der Waals surface area contributed by atoms with Crippen LogP contribution >= 0.6 is 0 Å². The highest BCUT2D eigenvalue weighted by atomic mass is 16.5. The van der Waals surface area contributed by atoms with Crippen molar-refractivity contribution in [2.75, 3.05) is 11.1 Å². The van der Waals surface area contributed by atoms with Gasteiger partial charge in [-0.15, -0.1) is 0 Å². The van der Waals surface area contributed by atoms with Crippen molar-refractivity contribution in [1.29, 1.82) is 0 Å². The highest BCUT2D eigenvalue weighted by molar-refractivity contribution is 5.78. The van der Waals surface area contributed by atoms with Crippen molar-refractivity contribution in [2.45, 2.75) is 33.3 Å². The van der Waals surface area contributed by atoms with Crippen LogP contribution in [0.3, 0.4) is 0 Å². The normalized spacial score (nSPS) is 10.6. The maximum Gasteiger partial charge on any atom is 0.144 e. The lowest BCUT2D eigenvalue weighted by Crippen LogP contribution is -2.08. The summed E-state index contributed by atoms with van der Waals surface area (Å²) in [4.78, 5) is 0. The van der Waals surface area contributed by atoms with Crippen LogP contribution in [-0.4, -0.2) is 6.10 Å². The fraction of sp³-hybridized carbons (Fsp3) is 0.294. The third-order valence-electron chi connectivity index (χ3n) is 3.10. The van der Waals surface area contributed by atoms with E-state index < -0.39 is 0 Å². The van der Waals surface area contributed by atoms with E-state index in [-0.39, 0.29) is 6.10 Å². The minimum absolute atomic E-state index is 0.107. The molecule has 0 heterocycles. The molecular weight excluding hydrogens is 248 g/mol. The lowest BCUT2D eigenvalue weighted by Gasteiger charge is -2.17. The molecule has 3 heteroatoms.